The lowest BCUT2D eigenvalue weighted by molar-refractivity contribution is -0.121. The van der Waals surface area contributed by atoms with Gasteiger partial charge in [0.05, 0.1) is 21.8 Å². The van der Waals surface area contributed by atoms with Crippen molar-refractivity contribution in [2.24, 2.45) is 0 Å². The predicted molar refractivity (Wildman–Crippen MR) is 105 cm³/mol. The fourth-order valence-electron chi connectivity index (χ4n) is 3.02. The molecule has 2 amide bonds. The van der Waals surface area contributed by atoms with Crippen molar-refractivity contribution in [2.45, 2.75) is 19.9 Å². The number of halogens is 2. The first kappa shape index (κ1) is 19.7. The van der Waals surface area contributed by atoms with E-state index < -0.39 is 0 Å². The number of rotatable bonds is 4. The van der Waals surface area contributed by atoms with Gasteiger partial charge in [-0.1, -0.05) is 29.3 Å². The minimum absolute atomic E-state index is 0.120. The standard InChI is InChI=1S/C19H21Cl2N3O3/c1-12-6-7-16(27-12)19(26)24-10-8-23(9-11-24)13(2)18(25)22-15-5-3-4-14(20)17(15)21/h3-7,13H,8-11H2,1-2H3,(H,22,25). The van der Waals surface area contributed by atoms with E-state index in [2.05, 4.69) is 5.32 Å². The lowest BCUT2D eigenvalue weighted by Crippen LogP contribution is -2.54. The summed E-state index contributed by atoms with van der Waals surface area (Å²) >= 11 is 12.1. The highest BCUT2D eigenvalue weighted by Crippen LogP contribution is 2.29. The molecule has 8 heteroatoms. The molecule has 1 aliphatic heterocycles. The van der Waals surface area contributed by atoms with Crippen molar-refractivity contribution in [3.05, 3.63) is 51.9 Å². The van der Waals surface area contributed by atoms with Gasteiger partial charge in [-0.3, -0.25) is 14.5 Å². The third-order valence-corrected chi connectivity index (χ3v) is 5.51. The lowest BCUT2D eigenvalue weighted by atomic mass is 10.2. The normalized spacial score (nSPS) is 16.2. The fraction of sp³-hybridized carbons (Fsp3) is 0.368. The number of piperazine rings is 1. The summed E-state index contributed by atoms with van der Waals surface area (Å²) in [5, 5.41) is 3.53. The van der Waals surface area contributed by atoms with Crippen LogP contribution >= 0.6 is 23.2 Å². The van der Waals surface area contributed by atoms with Crippen molar-refractivity contribution in [1.82, 2.24) is 9.80 Å². The molecule has 0 bridgehead atoms. The van der Waals surface area contributed by atoms with E-state index in [4.69, 9.17) is 27.6 Å². The maximum absolute atomic E-state index is 12.6. The van der Waals surface area contributed by atoms with Gasteiger partial charge in [-0.25, -0.2) is 0 Å². The molecule has 1 aromatic carbocycles. The van der Waals surface area contributed by atoms with Gasteiger partial charge in [0.25, 0.3) is 5.91 Å². The Balaban J connectivity index is 1.56. The van der Waals surface area contributed by atoms with Gasteiger partial charge in [0, 0.05) is 26.2 Å². The number of carbonyl (C=O) groups excluding carboxylic acids is 2. The Morgan fingerprint density at radius 1 is 1.11 bits per heavy atom. The van der Waals surface area contributed by atoms with E-state index in [0.29, 0.717) is 53.4 Å². The van der Waals surface area contributed by atoms with Gasteiger partial charge in [-0.15, -0.1) is 0 Å². The maximum atomic E-state index is 12.6. The number of anilines is 1. The minimum Gasteiger partial charge on any atom is -0.456 e. The Hall–Kier alpha value is -2.02. The van der Waals surface area contributed by atoms with E-state index in [9.17, 15) is 9.59 Å². The quantitative estimate of drug-likeness (QED) is 0.835. The van der Waals surface area contributed by atoms with Crippen LogP contribution in [0.15, 0.2) is 34.7 Å². The summed E-state index contributed by atoms with van der Waals surface area (Å²) < 4.78 is 5.41. The first-order valence-corrected chi connectivity index (χ1v) is 9.47. The second kappa shape index (κ2) is 8.33. The van der Waals surface area contributed by atoms with Crippen molar-refractivity contribution in [2.75, 3.05) is 31.5 Å². The van der Waals surface area contributed by atoms with Crippen LogP contribution in [-0.2, 0) is 4.79 Å². The monoisotopic (exact) mass is 409 g/mol. The first-order chi connectivity index (χ1) is 12.9. The molecule has 1 N–H and O–H groups in total. The minimum atomic E-state index is -0.358. The van der Waals surface area contributed by atoms with Gasteiger partial charge in [-0.2, -0.15) is 0 Å². The zero-order valence-electron chi connectivity index (χ0n) is 15.2. The molecule has 1 atom stereocenters. The molecule has 1 saturated heterocycles. The van der Waals surface area contributed by atoms with E-state index in [1.165, 1.54) is 0 Å². The largest absolute Gasteiger partial charge is 0.456 e. The van der Waals surface area contributed by atoms with Crippen molar-refractivity contribution in [1.29, 1.82) is 0 Å². The van der Waals surface area contributed by atoms with Crippen LogP contribution in [0.4, 0.5) is 5.69 Å². The Morgan fingerprint density at radius 3 is 2.44 bits per heavy atom. The number of amides is 2. The van der Waals surface area contributed by atoms with E-state index in [1.54, 1.807) is 42.2 Å². The third kappa shape index (κ3) is 4.46. The smallest absolute Gasteiger partial charge is 0.289 e. The van der Waals surface area contributed by atoms with E-state index >= 15 is 0 Å². The van der Waals surface area contributed by atoms with Gasteiger partial charge in [0.1, 0.15) is 5.76 Å². The molecule has 0 saturated carbocycles. The number of nitrogens with zero attached hydrogens (tertiary/aromatic N) is 2. The highest BCUT2D eigenvalue weighted by atomic mass is 35.5. The topological polar surface area (TPSA) is 65.8 Å². The van der Waals surface area contributed by atoms with Gasteiger partial charge in [-0.05, 0) is 38.1 Å². The van der Waals surface area contributed by atoms with Crippen LogP contribution in [0.25, 0.3) is 0 Å². The summed E-state index contributed by atoms with van der Waals surface area (Å²) in [5.41, 5.74) is 0.489. The van der Waals surface area contributed by atoms with Gasteiger partial charge >= 0.3 is 0 Å². The van der Waals surface area contributed by atoms with Crippen LogP contribution in [0.3, 0.4) is 0 Å². The summed E-state index contributed by atoms with van der Waals surface area (Å²) in [6, 6.07) is 8.21. The lowest BCUT2D eigenvalue weighted by Gasteiger charge is -2.37. The molecule has 2 aromatic rings. The zero-order chi connectivity index (χ0) is 19.6. The van der Waals surface area contributed by atoms with Crippen molar-refractivity contribution < 1.29 is 14.0 Å². The van der Waals surface area contributed by atoms with Crippen LogP contribution < -0.4 is 5.32 Å². The van der Waals surface area contributed by atoms with Gasteiger partial charge in [0.2, 0.25) is 5.91 Å². The van der Waals surface area contributed by atoms with Crippen LogP contribution in [0.1, 0.15) is 23.2 Å². The highest BCUT2D eigenvalue weighted by Gasteiger charge is 2.29. The third-order valence-electron chi connectivity index (χ3n) is 4.69. The van der Waals surface area contributed by atoms with E-state index in [-0.39, 0.29) is 17.9 Å². The molecule has 3 rings (SSSR count). The summed E-state index contributed by atoms with van der Waals surface area (Å²) in [6.45, 7) is 5.91. The van der Waals surface area contributed by atoms with E-state index in [0.717, 1.165) is 0 Å². The SMILES string of the molecule is Cc1ccc(C(=O)N2CCN(C(C)C(=O)Nc3cccc(Cl)c3Cl)CC2)o1. The molecule has 6 nitrogen and oxygen atoms in total. The molecule has 0 radical (unpaired) electrons. The van der Waals surface area contributed by atoms with Crippen LogP contribution in [0.2, 0.25) is 10.0 Å². The average Bonchev–Trinajstić information content (AvgIpc) is 3.10. The zero-order valence-corrected chi connectivity index (χ0v) is 16.7. The predicted octanol–water partition coefficient (Wildman–Crippen LogP) is 3.68. The number of aryl methyl sites for hydroxylation is 1. The molecule has 144 valence electrons. The number of hydrogen-bond donors (Lipinski definition) is 1. The Kier molecular flexibility index (Phi) is 6.09. The summed E-state index contributed by atoms with van der Waals surface area (Å²) in [4.78, 5) is 28.8. The number of benzene rings is 1. The summed E-state index contributed by atoms with van der Waals surface area (Å²) in [5.74, 6) is 0.774. The van der Waals surface area contributed by atoms with E-state index in [1.807, 2.05) is 11.8 Å². The molecule has 27 heavy (non-hydrogen) atoms. The average molecular weight is 410 g/mol. The Labute approximate surface area is 168 Å². The van der Waals surface area contributed by atoms with Crippen molar-refractivity contribution in [3.8, 4) is 0 Å². The summed E-state index contributed by atoms with van der Waals surface area (Å²) in [6.07, 6.45) is 0. The second-order valence-electron chi connectivity index (χ2n) is 6.51. The van der Waals surface area contributed by atoms with Crippen molar-refractivity contribution in [3.63, 3.8) is 0 Å². The van der Waals surface area contributed by atoms with Crippen LogP contribution in [0.5, 0.6) is 0 Å². The Bertz CT molecular complexity index is 844. The molecule has 1 fully saturated rings. The summed E-state index contributed by atoms with van der Waals surface area (Å²) in [7, 11) is 0. The molecule has 0 spiro atoms. The van der Waals surface area contributed by atoms with Crippen molar-refractivity contribution >= 4 is 40.7 Å². The number of carbonyl (C=O) groups is 2. The molecular formula is C19H21Cl2N3O3. The number of nitrogens with one attached hydrogen (secondary N) is 1. The molecule has 2 heterocycles. The van der Waals surface area contributed by atoms with Crippen LogP contribution in [0, 0.1) is 6.92 Å². The first-order valence-electron chi connectivity index (χ1n) is 8.71. The fourth-order valence-corrected chi connectivity index (χ4v) is 3.37. The highest BCUT2D eigenvalue weighted by molar-refractivity contribution is 6.44. The molecular weight excluding hydrogens is 389 g/mol. The maximum Gasteiger partial charge on any atom is 0.289 e. The molecule has 1 aromatic heterocycles. The molecule has 0 aliphatic carbocycles. The number of hydrogen-bond acceptors (Lipinski definition) is 4. The number of furan rings is 1. The molecule has 1 unspecified atom stereocenters. The molecule has 1 aliphatic rings. The Morgan fingerprint density at radius 2 is 1.81 bits per heavy atom. The van der Waals surface area contributed by atoms with Crippen LogP contribution in [-0.4, -0.2) is 53.8 Å². The second-order valence-corrected chi connectivity index (χ2v) is 7.29. The van der Waals surface area contributed by atoms with Gasteiger partial charge < -0.3 is 14.6 Å². The van der Waals surface area contributed by atoms with Gasteiger partial charge in [0.15, 0.2) is 5.76 Å².